The van der Waals surface area contributed by atoms with E-state index in [1.165, 1.54) is 11.1 Å². The summed E-state index contributed by atoms with van der Waals surface area (Å²) >= 11 is 0. The topological polar surface area (TPSA) is 38.2 Å². The summed E-state index contributed by atoms with van der Waals surface area (Å²) in [5, 5.41) is 0. The minimum absolute atomic E-state index is 0.0819. The molecule has 0 spiro atoms. The van der Waals surface area contributed by atoms with Crippen LogP contribution >= 0.6 is 0 Å². The van der Waals surface area contributed by atoms with Crippen LogP contribution in [0.15, 0.2) is 58.4 Å². The van der Waals surface area contributed by atoms with Crippen LogP contribution < -0.4 is 10.1 Å². The van der Waals surface area contributed by atoms with Gasteiger partial charge in [0.05, 0.1) is 17.8 Å². The first-order valence-electron chi connectivity index (χ1n) is 8.77. The van der Waals surface area contributed by atoms with Gasteiger partial charge < -0.3 is 0 Å². The van der Waals surface area contributed by atoms with Crippen molar-refractivity contribution in [2.45, 2.75) is 39.8 Å². The lowest BCUT2D eigenvalue weighted by atomic mass is 10.1. The molecule has 1 aliphatic carbocycles. The summed E-state index contributed by atoms with van der Waals surface area (Å²) in [6.07, 6.45) is 8.73. The van der Waals surface area contributed by atoms with E-state index in [-0.39, 0.29) is 11.6 Å². The number of aliphatic imine (C=N–C) groups is 1. The second-order valence-electron chi connectivity index (χ2n) is 6.63. The van der Waals surface area contributed by atoms with Crippen molar-refractivity contribution in [3.05, 3.63) is 81.3 Å². The van der Waals surface area contributed by atoms with Crippen molar-refractivity contribution in [3.63, 3.8) is 0 Å². The molecule has 1 atom stereocenters. The Bertz CT molecular complexity index is 1010. The average Bonchev–Trinajstić information content (AvgIpc) is 3.00. The fraction of sp³-hybridized carbons (Fsp3) is 0.286. The maximum atomic E-state index is 13.1. The minimum atomic E-state index is -0.0819. The Balaban J connectivity index is 1.96. The number of aromatic nitrogens is 2. The van der Waals surface area contributed by atoms with Crippen LogP contribution in [-0.2, 0) is 13.0 Å². The summed E-state index contributed by atoms with van der Waals surface area (Å²) in [6.45, 7) is 6.92. The standard InChI is InChI=1S/C21H22N3O/c1-4-17-15(3)23(13-16-10-6-5-9-14(16)2)21-22-18-11-7-8-12-19(18)24(21)20(17)25/h5-12,19H,4,13H2,1-3H3/q+1. The minimum Gasteiger partial charge on any atom is -0.250 e. The molecule has 1 aromatic heterocycles. The van der Waals surface area contributed by atoms with Crippen molar-refractivity contribution in [1.82, 2.24) is 4.57 Å². The Labute approximate surface area is 147 Å². The third kappa shape index (κ3) is 2.40. The number of aryl methyl sites for hydroxylation is 1. The van der Waals surface area contributed by atoms with E-state index in [1.807, 2.05) is 42.7 Å². The van der Waals surface area contributed by atoms with E-state index >= 15 is 0 Å². The maximum absolute atomic E-state index is 13.1. The number of hydrogen-bond donors (Lipinski definition) is 0. The molecule has 2 aromatic rings. The molecule has 1 unspecified atom stereocenters. The van der Waals surface area contributed by atoms with Gasteiger partial charge in [0, 0.05) is 0 Å². The number of rotatable bonds is 3. The fourth-order valence-electron chi connectivity index (χ4n) is 3.71. The molecule has 0 amide bonds. The summed E-state index contributed by atoms with van der Waals surface area (Å²) in [5.74, 6) is 0.749. The molecule has 0 bridgehead atoms. The zero-order valence-electron chi connectivity index (χ0n) is 14.9. The van der Waals surface area contributed by atoms with Gasteiger partial charge >= 0.3 is 11.5 Å². The number of benzene rings is 1. The van der Waals surface area contributed by atoms with E-state index in [9.17, 15) is 4.79 Å². The molecule has 0 N–H and O–H groups in total. The molecule has 0 fully saturated rings. The van der Waals surface area contributed by atoms with Gasteiger partial charge in [-0.3, -0.25) is 4.79 Å². The van der Waals surface area contributed by atoms with Crippen molar-refractivity contribution in [2.75, 3.05) is 0 Å². The number of nitrogens with zero attached hydrogens (tertiary/aromatic N) is 3. The molecule has 2 aliphatic rings. The van der Waals surface area contributed by atoms with E-state index < -0.39 is 0 Å². The van der Waals surface area contributed by atoms with Gasteiger partial charge in [0.1, 0.15) is 0 Å². The van der Waals surface area contributed by atoms with Crippen molar-refractivity contribution in [3.8, 4) is 0 Å². The summed E-state index contributed by atoms with van der Waals surface area (Å²) < 4.78 is 4.04. The zero-order valence-corrected chi connectivity index (χ0v) is 14.9. The second-order valence-corrected chi connectivity index (χ2v) is 6.63. The monoisotopic (exact) mass is 332 g/mol. The van der Waals surface area contributed by atoms with E-state index in [0.29, 0.717) is 0 Å². The van der Waals surface area contributed by atoms with E-state index in [4.69, 9.17) is 4.99 Å². The molecule has 0 saturated heterocycles. The smallest absolute Gasteiger partial charge is 0.250 e. The quantitative estimate of drug-likeness (QED) is 0.796. The van der Waals surface area contributed by atoms with Crippen molar-refractivity contribution < 1.29 is 4.57 Å². The van der Waals surface area contributed by atoms with Gasteiger partial charge in [0.25, 0.3) is 0 Å². The SMILES string of the molecule is CCc1c(C)[n+](Cc2ccccc2C)c2n(c1=O)C1C=CC=CC1=N2. The highest BCUT2D eigenvalue weighted by atomic mass is 16.1. The second kappa shape index (κ2) is 5.96. The van der Waals surface area contributed by atoms with Crippen LogP contribution in [-0.4, -0.2) is 10.3 Å². The number of fused-ring (bicyclic) bond motifs is 3. The van der Waals surface area contributed by atoms with Crippen LogP contribution in [0.5, 0.6) is 0 Å². The Morgan fingerprint density at radius 3 is 2.76 bits per heavy atom. The van der Waals surface area contributed by atoms with Gasteiger partial charge in [0.2, 0.25) is 0 Å². The molecule has 126 valence electrons. The molecule has 1 aromatic carbocycles. The molecule has 4 rings (SSSR count). The zero-order chi connectivity index (χ0) is 17.6. The first-order chi connectivity index (χ1) is 12.1. The third-order valence-electron chi connectivity index (χ3n) is 5.20. The van der Waals surface area contributed by atoms with Crippen LogP contribution in [0.3, 0.4) is 0 Å². The molecule has 4 heteroatoms. The van der Waals surface area contributed by atoms with E-state index in [2.05, 4.69) is 35.8 Å². The van der Waals surface area contributed by atoms with Gasteiger partial charge in [-0.1, -0.05) is 48.3 Å². The predicted molar refractivity (Wildman–Crippen MR) is 99.7 cm³/mol. The Morgan fingerprint density at radius 1 is 1.20 bits per heavy atom. The van der Waals surface area contributed by atoms with Crippen molar-refractivity contribution in [1.29, 1.82) is 0 Å². The average molecular weight is 332 g/mol. The van der Waals surface area contributed by atoms with E-state index in [0.717, 1.165) is 35.9 Å². The van der Waals surface area contributed by atoms with Crippen LogP contribution in [0.1, 0.15) is 35.3 Å². The third-order valence-corrected chi connectivity index (χ3v) is 5.20. The summed E-state index contributed by atoms with van der Waals surface area (Å²) in [7, 11) is 0. The molecule has 0 radical (unpaired) electrons. The van der Waals surface area contributed by atoms with Crippen LogP contribution in [0, 0.1) is 13.8 Å². The largest absolute Gasteiger partial charge is 0.403 e. The first-order valence-corrected chi connectivity index (χ1v) is 8.77. The molecule has 25 heavy (non-hydrogen) atoms. The molecule has 4 nitrogen and oxygen atoms in total. The van der Waals surface area contributed by atoms with Gasteiger partial charge in [-0.2, -0.15) is 4.57 Å². The Hall–Kier alpha value is -2.75. The van der Waals surface area contributed by atoms with Crippen molar-refractivity contribution >= 4 is 11.7 Å². The van der Waals surface area contributed by atoms with Gasteiger partial charge in [0.15, 0.2) is 11.8 Å². The number of allylic oxidation sites excluding steroid dienone is 4. The van der Waals surface area contributed by atoms with Gasteiger partial charge in [-0.05, 0) is 43.5 Å². The van der Waals surface area contributed by atoms with Crippen LogP contribution in [0.25, 0.3) is 0 Å². The molecule has 2 heterocycles. The van der Waals surface area contributed by atoms with Crippen LogP contribution in [0.4, 0.5) is 5.95 Å². The highest BCUT2D eigenvalue weighted by Gasteiger charge is 2.38. The molecule has 0 saturated carbocycles. The van der Waals surface area contributed by atoms with Gasteiger partial charge in [-0.15, -0.1) is 0 Å². The summed E-state index contributed by atoms with van der Waals surface area (Å²) in [6, 6.07) is 8.30. The van der Waals surface area contributed by atoms with Crippen molar-refractivity contribution in [2.24, 2.45) is 4.99 Å². The lowest BCUT2D eigenvalue weighted by molar-refractivity contribution is -0.685. The summed E-state index contributed by atoms with van der Waals surface area (Å²) in [4.78, 5) is 17.9. The highest BCUT2D eigenvalue weighted by molar-refractivity contribution is 6.03. The Morgan fingerprint density at radius 2 is 2.00 bits per heavy atom. The highest BCUT2D eigenvalue weighted by Crippen LogP contribution is 2.28. The Kier molecular flexibility index (Phi) is 3.75. The van der Waals surface area contributed by atoms with Gasteiger partial charge in [-0.25, -0.2) is 4.57 Å². The van der Waals surface area contributed by atoms with E-state index in [1.54, 1.807) is 0 Å². The van der Waals surface area contributed by atoms with Crippen LogP contribution in [0.2, 0.25) is 0 Å². The maximum Gasteiger partial charge on any atom is 0.403 e. The fourth-order valence-corrected chi connectivity index (χ4v) is 3.71. The lowest BCUT2D eigenvalue weighted by Gasteiger charge is -2.15. The molecule has 1 aliphatic heterocycles. The predicted octanol–water partition coefficient (Wildman–Crippen LogP) is 3.12. The first kappa shape index (κ1) is 15.8. The molecular formula is C21H22N3O+. The summed E-state index contributed by atoms with van der Waals surface area (Å²) in [5.41, 5.74) is 5.40. The number of hydrogen-bond acceptors (Lipinski definition) is 2. The lowest BCUT2D eigenvalue weighted by Crippen LogP contribution is -2.46. The molecular weight excluding hydrogens is 310 g/mol. The normalized spacial score (nSPS) is 17.4.